The summed E-state index contributed by atoms with van der Waals surface area (Å²) in [5.41, 5.74) is -0.487. The van der Waals surface area contributed by atoms with E-state index in [4.69, 9.17) is 4.74 Å². The van der Waals surface area contributed by atoms with Gasteiger partial charge in [-0.2, -0.15) is 0 Å². The molecule has 12 heteroatoms. The van der Waals surface area contributed by atoms with Crippen molar-refractivity contribution in [2.45, 2.75) is 56.5 Å². The zero-order valence-electron chi connectivity index (χ0n) is 22.5. The quantitative estimate of drug-likeness (QED) is 0.426. The molecule has 1 saturated heterocycles. The molecule has 1 amide bonds. The summed E-state index contributed by atoms with van der Waals surface area (Å²) in [4.78, 5) is 41.9. The van der Waals surface area contributed by atoms with Gasteiger partial charge in [0.25, 0.3) is 5.91 Å². The van der Waals surface area contributed by atoms with Crippen molar-refractivity contribution in [3.05, 3.63) is 70.2 Å². The van der Waals surface area contributed by atoms with Crippen molar-refractivity contribution in [3.63, 3.8) is 0 Å². The van der Waals surface area contributed by atoms with Crippen molar-refractivity contribution < 1.29 is 27.9 Å². The molecule has 1 aliphatic heterocycles. The smallest absolute Gasteiger partial charge is 0.329 e. The standard InChI is InChI=1S/C27H32N4O6S2/c1-26(2,3)19-7-6-17(14-21(19)37-4)24(32)31-22(23-30-11-12-38-23)18(20-16-28-9-10-29-20)15-27(31,25(33)34)8-13-39(5,35)36/h6-7,9-12,14,16,18,22H,8,13,15H2,1-5H3,(H,33,34)/t18-,22-,27-/m1/s1. The Hall–Kier alpha value is -3.38. The first-order valence-electron chi connectivity index (χ1n) is 12.4. The van der Waals surface area contributed by atoms with Gasteiger partial charge in [0, 0.05) is 47.9 Å². The average Bonchev–Trinajstić information content (AvgIpc) is 3.53. The molecule has 39 heavy (non-hydrogen) atoms. The monoisotopic (exact) mass is 572 g/mol. The highest BCUT2D eigenvalue weighted by atomic mass is 32.2. The summed E-state index contributed by atoms with van der Waals surface area (Å²) in [5, 5.41) is 13.0. The Morgan fingerprint density at radius 2 is 1.95 bits per heavy atom. The van der Waals surface area contributed by atoms with Gasteiger partial charge in [0.05, 0.1) is 24.6 Å². The van der Waals surface area contributed by atoms with Gasteiger partial charge in [0.2, 0.25) is 0 Å². The van der Waals surface area contributed by atoms with Crippen molar-refractivity contribution in [2.24, 2.45) is 0 Å². The van der Waals surface area contributed by atoms with E-state index in [1.807, 2.05) is 20.8 Å². The molecular weight excluding hydrogens is 540 g/mol. The summed E-state index contributed by atoms with van der Waals surface area (Å²) in [7, 11) is -2.03. The molecule has 0 radical (unpaired) electrons. The van der Waals surface area contributed by atoms with Crippen LogP contribution < -0.4 is 4.74 Å². The van der Waals surface area contributed by atoms with E-state index in [1.54, 1.807) is 36.0 Å². The number of carboxylic acids is 1. The minimum Gasteiger partial charge on any atom is -0.496 e. The number of carbonyl (C=O) groups excluding carboxylic acids is 1. The molecule has 0 unspecified atom stereocenters. The summed E-state index contributed by atoms with van der Waals surface area (Å²) in [6.07, 6.45) is 6.87. The van der Waals surface area contributed by atoms with Crippen molar-refractivity contribution in [1.82, 2.24) is 19.9 Å². The van der Waals surface area contributed by atoms with Gasteiger partial charge in [-0.3, -0.25) is 14.8 Å². The fraction of sp³-hybridized carbons (Fsp3) is 0.444. The lowest BCUT2D eigenvalue weighted by Crippen LogP contribution is -2.54. The molecule has 4 rings (SSSR count). The number of aromatic nitrogens is 3. The highest BCUT2D eigenvalue weighted by Gasteiger charge is 2.60. The van der Waals surface area contributed by atoms with Gasteiger partial charge < -0.3 is 14.7 Å². The Labute approximate surface area is 232 Å². The third-order valence-electron chi connectivity index (χ3n) is 7.11. The number of carboxylic acid groups (broad SMARTS) is 1. The number of hydrogen-bond donors (Lipinski definition) is 1. The summed E-state index contributed by atoms with van der Waals surface area (Å²) in [6, 6.07) is 4.27. The second-order valence-electron chi connectivity index (χ2n) is 10.8. The first kappa shape index (κ1) is 28.6. The van der Waals surface area contributed by atoms with E-state index < -0.39 is 45.0 Å². The molecule has 1 aliphatic rings. The molecule has 1 N–H and O–H groups in total. The summed E-state index contributed by atoms with van der Waals surface area (Å²) < 4.78 is 30.1. The van der Waals surface area contributed by atoms with Crippen LogP contribution in [0.2, 0.25) is 0 Å². The zero-order chi connectivity index (χ0) is 28.6. The van der Waals surface area contributed by atoms with Crippen LogP contribution in [0.5, 0.6) is 5.75 Å². The predicted octanol–water partition coefficient (Wildman–Crippen LogP) is 3.87. The van der Waals surface area contributed by atoms with Crippen LogP contribution in [0.15, 0.2) is 48.4 Å². The van der Waals surface area contributed by atoms with E-state index in [9.17, 15) is 23.1 Å². The molecule has 3 aromatic rings. The lowest BCUT2D eigenvalue weighted by Gasteiger charge is -2.37. The van der Waals surface area contributed by atoms with E-state index >= 15 is 0 Å². The average molecular weight is 573 g/mol. The number of likely N-dealkylation sites (tertiary alicyclic amines) is 1. The van der Waals surface area contributed by atoms with Crippen LogP contribution >= 0.6 is 11.3 Å². The van der Waals surface area contributed by atoms with Crippen LogP contribution in [0.25, 0.3) is 0 Å². The number of methoxy groups -OCH3 is 1. The zero-order valence-corrected chi connectivity index (χ0v) is 24.1. The van der Waals surface area contributed by atoms with Crippen LogP contribution in [0, 0.1) is 0 Å². The number of sulfone groups is 1. The van der Waals surface area contributed by atoms with Gasteiger partial charge in [-0.05, 0) is 36.0 Å². The van der Waals surface area contributed by atoms with Crippen LogP contribution in [0.3, 0.4) is 0 Å². The molecule has 0 saturated carbocycles. The van der Waals surface area contributed by atoms with Gasteiger partial charge in [-0.1, -0.05) is 26.8 Å². The highest BCUT2D eigenvalue weighted by Crippen LogP contribution is 2.54. The predicted molar refractivity (Wildman–Crippen MR) is 147 cm³/mol. The Balaban J connectivity index is 1.94. The molecule has 2 aromatic heterocycles. The number of ether oxygens (including phenoxy) is 1. The first-order valence-corrected chi connectivity index (χ1v) is 15.3. The van der Waals surface area contributed by atoms with Gasteiger partial charge in [-0.15, -0.1) is 11.3 Å². The van der Waals surface area contributed by atoms with Gasteiger partial charge >= 0.3 is 5.97 Å². The van der Waals surface area contributed by atoms with E-state index in [0.29, 0.717) is 16.5 Å². The number of rotatable bonds is 8. The van der Waals surface area contributed by atoms with Crippen molar-refractivity contribution in [2.75, 3.05) is 19.1 Å². The van der Waals surface area contributed by atoms with Crippen LogP contribution in [-0.4, -0.2) is 69.9 Å². The van der Waals surface area contributed by atoms with Crippen molar-refractivity contribution in [3.8, 4) is 5.75 Å². The third-order valence-corrected chi connectivity index (χ3v) is 8.90. The third kappa shape index (κ3) is 5.67. The van der Waals surface area contributed by atoms with Crippen molar-refractivity contribution >= 4 is 33.1 Å². The molecule has 0 spiro atoms. The second kappa shape index (κ2) is 10.6. The molecule has 1 aromatic carbocycles. The highest BCUT2D eigenvalue weighted by molar-refractivity contribution is 7.90. The van der Waals surface area contributed by atoms with Gasteiger partial charge in [0.15, 0.2) is 0 Å². The molecule has 0 aliphatic carbocycles. The number of thiazole rings is 1. The van der Waals surface area contributed by atoms with Crippen LogP contribution in [-0.2, 0) is 20.0 Å². The summed E-state index contributed by atoms with van der Waals surface area (Å²) >= 11 is 1.30. The SMILES string of the molecule is COc1cc(C(=O)N2[C@@H](c3nccs3)[C@@H](c3cnccn3)C[C@]2(CCS(C)(=O)=O)C(=O)O)ccc1C(C)(C)C. The number of aliphatic carboxylic acids is 1. The summed E-state index contributed by atoms with van der Waals surface area (Å²) in [6.45, 7) is 6.08. The van der Waals surface area contributed by atoms with Gasteiger partial charge in [-0.25, -0.2) is 18.2 Å². The number of carbonyl (C=O) groups is 2. The van der Waals surface area contributed by atoms with Gasteiger partial charge in [0.1, 0.15) is 26.1 Å². The topological polar surface area (TPSA) is 140 Å². The number of amides is 1. The molecular formula is C27H32N4O6S2. The second-order valence-corrected chi connectivity index (χ2v) is 14.0. The fourth-order valence-electron chi connectivity index (χ4n) is 5.23. The Morgan fingerprint density at radius 1 is 1.21 bits per heavy atom. The molecule has 1 fully saturated rings. The normalized spacial score (nSPS) is 21.6. The van der Waals surface area contributed by atoms with E-state index in [0.717, 1.165) is 11.8 Å². The van der Waals surface area contributed by atoms with Crippen LogP contribution in [0.1, 0.15) is 72.2 Å². The Kier molecular flexibility index (Phi) is 7.82. The number of benzene rings is 1. The van der Waals surface area contributed by atoms with E-state index in [2.05, 4.69) is 15.0 Å². The van der Waals surface area contributed by atoms with Crippen molar-refractivity contribution in [1.29, 1.82) is 0 Å². The first-order chi connectivity index (χ1) is 18.3. The fourth-order valence-corrected chi connectivity index (χ4v) is 6.73. The summed E-state index contributed by atoms with van der Waals surface area (Å²) in [5.74, 6) is -2.34. The molecule has 10 nitrogen and oxygen atoms in total. The van der Waals surface area contributed by atoms with E-state index in [-0.39, 0.29) is 23.8 Å². The molecule has 0 bridgehead atoms. The molecule has 3 heterocycles. The minimum atomic E-state index is -3.55. The molecule has 3 atom stereocenters. The number of hydrogen-bond acceptors (Lipinski definition) is 9. The maximum Gasteiger partial charge on any atom is 0.329 e. The lowest BCUT2D eigenvalue weighted by atomic mass is 9.85. The molecule has 208 valence electrons. The largest absolute Gasteiger partial charge is 0.496 e. The maximum atomic E-state index is 14.4. The maximum absolute atomic E-state index is 14.4. The van der Waals surface area contributed by atoms with Crippen LogP contribution in [0.4, 0.5) is 0 Å². The number of nitrogens with zero attached hydrogens (tertiary/aromatic N) is 4. The minimum absolute atomic E-state index is 0.0518. The Bertz CT molecular complexity index is 1460. The van der Waals surface area contributed by atoms with E-state index in [1.165, 1.54) is 35.7 Å². The Morgan fingerprint density at radius 3 is 2.49 bits per heavy atom. The lowest BCUT2D eigenvalue weighted by molar-refractivity contribution is -0.149.